The van der Waals surface area contributed by atoms with E-state index in [4.69, 9.17) is 4.74 Å². The first-order valence-electron chi connectivity index (χ1n) is 8.15. The van der Waals surface area contributed by atoms with E-state index in [1.165, 1.54) is 12.8 Å². The number of anilines is 1. The van der Waals surface area contributed by atoms with Gasteiger partial charge in [-0.25, -0.2) is 9.59 Å². The topological polar surface area (TPSA) is 87.1 Å². The molecule has 1 aliphatic rings. The lowest BCUT2D eigenvalue weighted by atomic mass is 9.93. The summed E-state index contributed by atoms with van der Waals surface area (Å²) in [5.74, 6) is -2.98. The van der Waals surface area contributed by atoms with Crippen molar-refractivity contribution in [1.82, 2.24) is 0 Å². The SMILES string of the molecule is CC(C)(C)OC(Cc1ccc(N2CCCC2)cc1)(C(=O)O)C(=O)O. The summed E-state index contributed by atoms with van der Waals surface area (Å²) in [7, 11) is 0. The predicted molar refractivity (Wildman–Crippen MR) is 90.4 cm³/mol. The van der Waals surface area contributed by atoms with Gasteiger partial charge in [0.1, 0.15) is 0 Å². The van der Waals surface area contributed by atoms with Crippen molar-refractivity contribution in [2.75, 3.05) is 18.0 Å². The first-order valence-corrected chi connectivity index (χ1v) is 8.15. The van der Waals surface area contributed by atoms with Crippen LogP contribution in [0.3, 0.4) is 0 Å². The summed E-state index contributed by atoms with van der Waals surface area (Å²) in [6.45, 7) is 6.96. The first-order chi connectivity index (χ1) is 11.1. The van der Waals surface area contributed by atoms with Crippen molar-refractivity contribution in [3.63, 3.8) is 0 Å². The van der Waals surface area contributed by atoms with Crippen molar-refractivity contribution < 1.29 is 24.5 Å². The number of hydrogen-bond donors (Lipinski definition) is 2. The number of rotatable bonds is 6. The zero-order chi connectivity index (χ0) is 18.0. The van der Waals surface area contributed by atoms with E-state index in [0.717, 1.165) is 18.8 Å². The third-order valence-electron chi connectivity index (χ3n) is 4.03. The molecule has 0 atom stereocenters. The Hall–Kier alpha value is -2.08. The Morgan fingerprint density at radius 1 is 1.04 bits per heavy atom. The predicted octanol–water partition coefficient (Wildman–Crippen LogP) is 2.55. The minimum absolute atomic E-state index is 0.227. The number of benzene rings is 1. The molecule has 0 unspecified atom stereocenters. The Kier molecular flexibility index (Phi) is 5.18. The van der Waals surface area contributed by atoms with Crippen LogP contribution in [-0.2, 0) is 20.7 Å². The second kappa shape index (κ2) is 6.81. The highest BCUT2D eigenvalue weighted by Gasteiger charge is 2.50. The molecular weight excluding hydrogens is 310 g/mol. The van der Waals surface area contributed by atoms with Crippen LogP contribution >= 0.6 is 0 Å². The Balaban J connectivity index is 2.25. The monoisotopic (exact) mass is 335 g/mol. The minimum Gasteiger partial charge on any atom is -0.479 e. The molecule has 6 nitrogen and oxygen atoms in total. The maximum absolute atomic E-state index is 11.7. The van der Waals surface area contributed by atoms with E-state index in [-0.39, 0.29) is 6.42 Å². The van der Waals surface area contributed by atoms with Gasteiger partial charge in [-0.1, -0.05) is 12.1 Å². The van der Waals surface area contributed by atoms with Gasteiger partial charge in [0.2, 0.25) is 0 Å². The molecule has 1 aliphatic heterocycles. The standard InChI is InChI=1S/C18H25NO5/c1-17(2,3)24-18(15(20)21,16(22)23)12-13-6-8-14(9-7-13)19-10-4-5-11-19/h6-9H,4-5,10-12H2,1-3H3,(H,20,21)(H,22,23). The van der Waals surface area contributed by atoms with E-state index in [1.807, 2.05) is 12.1 Å². The molecule has 1 fully saturated rings. The molecule has 24 heavy (non-hydrogen) atoms. The van der Waals surface area contributed by atoms with Gasteiger partial charge in [0.25, 0.3) is 5.60 Å². The van der Waals surface area contributed by atoms with Crippen LogP contribution < -0.4 is 4.90 Å². The van der Waals surface area contributed by atoms with Crippen molar-refractivity contribution in [2.24, 2.45) is 0 Å². The average Bonchev–Trinajstić information content (AvgIpc) is 2.99. The quantitative estimate of drug-likeness (QED) is 0.777. The van der Waals surface area contributed by atoms with Crippen molar-refractivity contribution in [2.45, 2.75) is 51.2 Å². The molecular formula is C18H25NO5. The maximum atomic E-state index is 11.7. The maximum Gasteiger partial charge on any atom is 0.348 e. The molecule has 1 heterocycles. The summed E-state index contributed by atoms with van der Waals surface area (Å²) in [6.07, 6.45) is 2.11. The van der Waals surface area contributed by atoms with Crippen LogP contribution in [0.1, 0.15) is 39.2 Å². The van der Waals surface area contributed by atoms with Gasteiger partial charge in [0.15, 0.2) is 0 Å². The largest absolute Gasteiger partial charge is 0.479 e. The summed E-state index contributed by atoms with van der Waals surface area (Å²) in [6, 6.07) is 7.37. The molecule has 0 aromatic heterocycles. The lowest BCUT2D eigenvalue weighted by molar-refractivity contribution is -0.199. The van der Waals surface area contributed by atoms with Gasteiger partial charge >= 0.3 is 11.9 Å². The molecule has 0 aliphatic carbocycles. The minimum atomic E-state index is -2.30. The van der Waals surface area contributed by atoms with Crippen molar-refractivity contribution in [3.8, 4) is 0 Å². The summed E-state index contributed by atoms with van der Waals surface area (Å²) in [5, 5.41) is 19.1. The molecule has 1 aromatic carbocycles. The molecule has 0 spiro atoms. The van der Waals surface area contributed by atoms with Crippen LogP contribution in [0.2, 0.25) is 0 Å². The Morgan fingerprint density at radius 3 is 1.96 bits per heavy atom. The van der Waals surface area contributed by atoms with Crippen LogP contribution in [0.15, 0.2) is 24.3 Å². The lowest BCUT2D eigenvalue weighted by Crippen LogP contribution is -2.54. The van der Waals surface area contributed by atoms with Gasteiger partial charge in [0.05, 0.1) is 5.60 Å². The summed E-state index contributed by atoms with van der Waals surface area (Å²) < 4.78 is 5.47. The molecule has 0 saturated carbocycles. The number of nitrogens with zero attached hydrogens (tertiary/aromatic N) is 1. The highest BCUT2D eigenvalue weighted by molar-refractivity contribution is 6.02. The van der Waals surface area contributed by atoms with Crippen LogP contribution in [-0.4, -0.2) is 46.4 Å². The Morgan fingerprint density at radius 2 is 1.54 bits per heavy atom. The number of carbonyl (C=O) groups is 2. The fourth-order valence-electron chi connectivity index (χ4n) is 2.98. The molecule has 132 valence electrons. The number of ether oxygens (including phenoxy) is 1. The van der Waals surface area contributed by atoms with Gasteiger partial charge in [-0.05, 0) is 51.3 Å². The van der Waals surface area contributed by atoms with Gasteiger partial charge in [-0.2, -0.15) is 0 Å². The molecule has 0 amide bonds. The molecule has 6 heteroatoms. The van der Waals surface area contributed by atoms with Crippen LogP contribution in [0.5, 0.6) is 0 Å². The van der Waals surface area contributed by atoms with Gasteiger partial charge < -0.3 is 19.8 Å². The van der Waals surface area contributed by atoms with Crippen molar-refractivity contribution >= 4 is 17.6 Å². The zero-order valence-electron chi connectivity index (χ0n) is 14.4. The first kappa shape index (κ1) is 18.3. The van der Waals surface area contributed by atoms with Gasteiger partial charge in [-0.15, -0.1) is 0 Å². The molecule has 0 radical (unpaired) electrons. The molecule has 2 rings (SSSR count). The molecule has 1 saturated heterocycles. The molecule has 0 bridgehead atoms. The lowest BCUT2D eigenvalue weighted by Gasteiger charge is -2.33. The average molecular weight is 335 g/mol. The van der Waals surface area contributed by atoms with E-state index >= 15 is 0 Å². The summed E-state index contributed by atoms with van der Waals surface area (Å²) in [5.41, 5.74) is -1.50. The zero-order valence-corrected chi connectivity index (χ0v) is 14.4. The smallest absolute Gasteiger partial charge is 0.348 e. The molecule has 1 aromatic rings. The van der Waals surface area contributed by atoms with Crippen LogP contribution in [0.25, 0.3) is 0 Å². The van der Waals surface area contributed by atoms with Crippen molar-refractivity contribution in [3.05, 3.63) is 29.8 Å². The summed E-state index contributed by atoms with van der Waals surface area (Å²) in [4.78, 5) is 25.7. The van der Waals surface area contributed by atoms with E-state index in [0.29, 0.717) is 5.56 Å². The van der Waals surface area contributed by atoms with Crippen LogP contribution in [0, 0.1) is 0 Å². The third kappa shape index (κ3) is 4.06. The highest BCUT2D eigenvalue weighted by Crippen LogP contribution is 2.27. The number of hydrogen-bond acceptors (Lipinski definition) is 4. The normalized spacial score (nSPS) is 15.5. The van der Waals surface area contributed by atoms with E-state index in [1.54, 1.807) is 32.9 Å². The second-order valence-corrected chi connectivity index (χ2v) is 7.19. The molecule has 2 N–H and O–H groups in total. The summed E-state index contributed by atoms with van der Waals surface area (Å²) >= 11 is 0. The van der Waals surface area contributed by atoms with E-state index in [9.17, 15) is 19.8 Å². The highest BCUT2D eigenvalue weighted by atomic mass is 16.6. The number of carboxylic acid groups (broad SMARTS) is 2. The fraction of sp³-hybridized carbons (Fsp3) is 0.556. The third-order valence-corrected chi connectivity index (χ3v) is 4.03. The van der Waals surface area contributed by atoms with E-state index in [2.05, 4.69) is 4.90 Å². The van der Waals surface area contributed by atoms with E-state index < -0.39 is 23.1 Å². The van der Waals surface area contributed by atoms with Gasteiger partial charge in [0, 0.05) is 25.2 Å². The Labute approximate surface area is 142 Å². The van der Waals surface area contributed by atoms with Crippen LogP contribution in [0.4, 0.5) is 5.69 Å². The van der Waals surface area contributed by atoms with Crippen molar-refractivity contribution in [1.29, 1.82) is 0 Å². The van der Waals surface area contributed by atoms with Gasteiger partial charge in [-0.3, -0.25) is 0 Å². The fourth-order valence-corrected chi connectivity index (χ4v) is 2.98. The number of aliphatic carboxylic acids is 2. The Bertz CT molecular complexity index is 583. The second-order valence-electron chi connectivity index (χ2n) is 7.19. The number of carboxylic acids is 2.